The van der Waals surface area contributed by atoms with E-state index in [1.807, 2.05) is 20.8 Å². The van der Waals surface area contributed by atoms with Crippen LogP contribution in [-0.2, 0) is 9.53 Å². The summed E-state index contributed by atoms with van der Waals surface area (Å²) in [6, 6.07) is 0. The Kier molecular flexibility index (Phi) is 15.3. The molecule has 144 valence electrons. The Morgan fingerprint density at radius 1 is 0.760 bits per heavy atom. The van der Waals surface area contributed by atoms with Crippen molar-refractivity contribution in [3.05, 3.63) is 36.5 Å². The minimum atomic E-state index is -0.383. The zero-order chi connectivity index (χ0) is 18.8. The molecular weight excluding hydrogens is 308 g/mol. The molecule has 0 aromatic heterocycles. The Labute approximate surface area is 156 Å². The number of rotatable bonds is 14. The van der Waals surface area contributed by atoms with Crippen LogP contribution in [0.4, 0.5) is 0 Å². The van der Waals surface area contributed by atoms with E-state index in [1.165, 1.54) is 44.9 Å². The predicted octanol–water partition coefficient (Wildman–Crippen LogP) is 7.17. The molecule has 0 radical (unpaired) electrons. The average Bonchev–Trinajstić information content (AvgIpc) is 2.56. The first-order chi connectivity index (χ1) is 12.0. The average molecular weight is 349 g/mol. The van der Waals surface area contributed by atoms with Gasteiger partial charge < -0.3 is 4.74 Å². The monoisotopic (exact) mass is 348 g/mol. The molecule has 0 rings (SSSR count). The summed E-state index contributed by atoms with van der Waals surface area (Å²) >= 11 is 0. The molecule has 0 amide bonds. The van der Waals surface area contributed by atoms with E-state index in [2.05, 4.69) is 43.4 Å². The first-order valence-electron chi connectivity index (χ1n) is 10.1. The van der Waals surface area contributed by atoms with Gasteiger partial charge in [0.1, 0.15) is 0 Å². The summed E-state index contributed by atoms with van der Waals surface area (Å²) in [5.74, 6) is -0.0958. The molecule has 0 aliphatic carbocycles. The third kappa shape index (κ3) is 17.3. The fourth-order valence-corrected chi connectivity index (χ4v) is 2.27. The second-order valence-electron chi connectivity index (χ2n) is 7.68. The highest BCUT2D eigenvalue weighted by atomic mass is 16.5. The highest BCUT2D eigenvalue weighted by Gasteiger charge is 2.22. The van der Waals surface area contributed by atoms with Crippen molar-refractivity contribution >= 4 is 5.97 Å². The molecule has 0 aliphatic rings. The number of hydrogen-bond acceptors (Lipinski definition) is 2. The van der Waals surface area contributed by atoms with E-state index in [0.717, 1.165) is 19.3 Å². The molecule has 2 heteroatoms. The topological polar surface area (TPSA) is 26.3 Å². The van der Waals surface area contributed by atoms with Gasteiger partial charge in [0, 0.05) is 0 Å². The zero-order valence-electron chi connectivity index (χ0n) is 17.1. The first-order valence-corrected chi connectivity index (χ1v) is 10.1. The minimum Gasteiger partial charge on any atom is -0.465 e. The van der Waals surface area contributed by atoms with Crippen LogP contribution >= 0.6 is 0 Å². The standard InChI is InChI=1S/C23H40O2/c1-5-6-7-8-9-10-11-12-13-14-15-16-17-18-19-20-21-25-22(24)23(2,3)4/h9-14H,5-8,15-21H2,1-4H3/b10-9+,12-11+,14-13+. The maximum atomic E-state index is 11.6. The molecule has 0 spiro atoms. The Balaban J connectivity index is 3.39. The summed E-state index contributed by atoms with van der Waals surface area (Å²) in [6.45, 7) is 8.47. The number of ether oxygens (including phenoxy) is 1. The van der Waals surface area contributed by atoms with Crippen molar-refractivity contribution in [3.8, 4) is 0 Å². The maximum Gasteiger partial charge on any atom is 0.311 e. The SMILES string of the molecule is CCCCC/C=C/C=C/C=C/CCCCCCCOC(=O)C(C)(C)C. The summed E-state index contributed by atoms with van der Waals surface area (Å²) in [5.41, 5.74) is -0.383. The van der Waals surface area contributed by atoms with Gasteiger partial charge >= 0.3 is 5.97 Å². The smallest absolute Gasteiger partial charge is 0.311 e. The molecule has 0 aliphatic heterocycles. The molecule has 0 aromatic carbocycles. The number of unbranched alkanes of at least 4 members (excludes halogenated alkanes) is 8. The van der Waals surface area contributed by atoms with E-state index in [4.69, 9.17) is 4.74 Å². The summed E-state index contributed by atoms with van der Waals surface area (Å²) in [7, 11) is 0. The molecule has 2 nitrogen and oxygen atoms in total. The van der Waals surface area contributed by atoms with Crippen LogP contribution in [0.1, 0.15) is 91.9 Å². The van der Waals surface area contributed by atoms with Gasteiger partial charge in [-0.2, -0.15) is 0 Å². The van der Waals surface area contributed by atoms with Crippen LogP contribution in [0.2, 0.25) is 0 Å². The lowest BCUT2D eigenvalue weighted by Crippen LogP contribution is -2.23. The van der Waals surface area contributed by atoms with Crippen molar-refractivity contribution in [3.63, 3.8) is 0 Å². The third-order valence-electron chi connectivity index (χ3n) is 3.94. The van der Waals surface area contributed by atoms with Crippen LogP contribution in [0.3, 0.4) is 0 Å². The Morgan fingerprint density at radius 2 is 1.28 bits per heavy atom. The van der Waals surface area contributed by atoms with Gasteiger partial charge in [-0.15, -0.1) is 0 Å². The van der Waals surface area contributed by atoms with Crippen molar-refractivity contribution < 1.29 is 9.53 Å². The molecule has 0 heterocycles. The summed E-state index contributed by atoms with van der Waals surface area (Å²) in [5, 5.41) is 0. The fraction of sp³-hybridized carbons (Fsp3) is 0.696. The van der Waals surface area contributed by atoms with Gasteiger partial charge in [-0.25, -0.2) is 0 Å². The van der Waals surface area contributed by atoms with Gasteiger partial charge in [0.15, 0.2) is 0 Å². The van der Waals surface area contributed by atoms with Gasteiger partial charge in [-0.05, 0) is 52.9 Å². The van der Waals surface area contributed by atoms with Crippen molar-refractivity contribution in [1.29, 1.82) is 0 Å². The Hall–Kier alpha value is -1.31. The number of hydrogen-bond donors (Lipinski definition) is 0. The van der Waals surface area contributed by atoms with Crippen LogP contribution < -0.4 is 0 Å². The van der Waals surface area contributed by atoms with E-state index >= 15 is 0 Å². The Morgan fingerprint density at radius 3 is 1.84 bits per heavy atom. The molecule has 0 aromatic rings. The number of esters is 1. The highest BCUT2D eigenvalue weighted by Crippen LogP contribution is 2.15. The van der Waals surface area contributed by atoms with Crippen LogP contribution in [0.25, 0.3) is 0 Å². The molecule has 0 bridgehead atoms. The second kappa shape index (κ2) is 16.2. The van der Waals surface area contributed by atoms with Gasteiger partial charge in [0.2, 0.25) is 0 Å². The van der Waals surface area contributed by atoms with Crippen molar-refractivity contribution in [2.45, 2.75) is 91.9 Å². The summed E-state index contributed by atoms with van der Waals surface area (Å²) in [6.07, 6.45) is 25.1. The van der Waals surface area contributed by atoms with Gasteiger partial charge in [0.25, 0.3) is 0 Å². The number of carbonyl (C=O) groups is 1. The van der Waals surface area contributed by atoms with E-state index in [9.17, 15) is 4.79 Å². The first kappa shape index (κ1) is 23.7. The van der Waals surface area contributed by atoms with Crippen LogP contribution in [0.5, 0.6) is 0 Å². The highest BCUT2D eigenvalue weighted by molar-refractivity contribution is 5.75. The molecule has 0 saturated carbocycles. The second-order valence-corrected chi connectivity index (χ2v) is 7.68. The van der Waals surface area contributed by atoms with E-state index < -0.39 is 0 Å². The molecule has 0 fully saturated rings. The molecular formula is C23H40O2. The van der Waals surface area contributed by atoms with Crippen LogP contribution in [0, 0.1) is 5.41 Å². The van der Waals surface area contributed by atoms with E-state index in [-0.39, 0.29) is 11.4 Å². The molecule has 0 unspecified atom stereocenters. The quantitative estimate of drug-likeness (QED) is 0.189. The molecule has 0 N–H and O–H groups in total. The van der Waals surface area contributed by atoms with E-state index in [1.54, 1.807) is 0 Å². The number of carbonyl (C=O) groups excluding carboxylic acids is 1. The zero-order valence-corrected chi connectivity index (χ0v) is 17.1. The molecule has 0 saturated heterocycles. The molecule has 0 atom stereocenters. The normalized spacial score (nSPS) is 12.6. The lowest BCUT2D eigenvalue weighted by molar-refractivity contribution is -0.153. The van der Waals surface area contributed by atoms with Gasteiger partial charge in [-0.3, -0.25) is 4.79 Å². The summed E-state index contributed by atoms with van der Waals surface area (Å²) in [4.78, 5) is 11.6. The van der Waals surface area contributed by atoms with E-state index in [0.29, 0.717) is 6.61 Å². The Bertz CT molecular complexity index is 397. The van der Waals surface area contributed by atoms with Gasteiger partial charge in [0.05, 0.1) is 12.0 Å². The summed E-state index contributed by atoms with van der Waals surface area (Å²) < 4.78 is 5.26. The number of allylic oxidation sites excluding steroid dienone is 6. The van der Waals surface area contributed by atoms with Crippen LogP contribution in [-0.4, -0.2) is 12.6 Å². The minimum absolute atomic E-state index is 0.0958. The predicted molar refractivity (Wildman–Crippen MR) is 110 cm³/mol. The van der Waals surface area contributed by atoms with Gasteiger partial charge in [-0.1, -0.05) is 75.5 Å². The third-order valence-corrected chi connectivity index (χ3v) is 3.94. The van der Waals surface area contributed by atoms with Crippen molar-refractivity contribution in [2.75, 3.05) is 6.61 Å². The van der Waals surface area contributed by atoms with Crippen molar-refractivity contribution in [2.24, 2.45) is 5.41 Å². The lowest BCUT2D eigenvalue weighted by Gasteiger charge is -2.16. The molecule has 25 heavy (non-hydrogen) atoms. The lowest BCUT2D eigenvalue weighted by atomic mass is 9.97. The fourth-order valence-electron chi connectivity index (χ4n) is 2.27. The largest absolute Gasteiger partial charge is 0.465 e. The van der Waals surface area contributed by atoms with Crippen LogP contribution in [0.15, 0.2) is 36.5 Å². The maximum absolute atomic E-state index is 11.6. The van der Waals surface area contributed by atoms with Crippen molar-refractivity contribution in [1.82, 2.24) is 0 Å².